The molecule has 0 spiro atoms. The van der Waals surface area contributed by atoms with Crippen LogP contribution in [0.25, 0.3) is 0 Å². The number of methoxy groups -OCH3 is 2. The molecule has 0 saturated carbocycles. The molecule has 1 aliphatic heterocycles. The van der Waals surface area contributed by atoms with Crippen molar-refractivity contribution in [2.75, 3.05) is 24.4 Å². The zero-order valence-electron chi connectivity index (χ0n) is 21.2. The number of carbonyl (C=O) groups is 2. The van der Waals surface area contributed by atoms with Gasteiger partial charge in [-0.25, -0.2) is 0 Å². The van der Waals surface area contributed by atoms with E-state index < -0.39 is 16.9 Å². The molecule has 3 aromatic carbocycles. The van der Waals surface area contributed by atoms with E-state index in [-0.39, 0.29) is 29.7 Å². The Bertz CT molecular complexity index is 1470. The van der Waals surface area contributed by atoms with E-state index in [1.165, 1.54) is 19.1 Å². The van der Waals surface area contributed by atoms with Gasteiger partial charge in [0.25, 0.3) is 5.69 Å². The number of nitrogens with zero attached hydrogens (tertiary/aromatic N) is 2. The fourth-order valence-corrected chi connectivity index (χ4v) is 5.43. The summed E-state index contributed by atoms with van der Waals surface area (Å²) in [6, 6.07) is 18.3. The summed E-state index contributed by atoms with van der Waals surface area (Å²) in [6.45, 7) is 1.44. The smallest absolute Gasteiger partial charge is 0.269 e. The molecule has 1 heterocycles. The highest BCUT2D eigenvalue weighted by Crippen LogP contribution is 2.48. The molecule has 0 fully saturated rings. The molecule has 1 aliphatic carbocycles. The Hall–Kier alpha value is -4.66. The normalized spacial score (nSPS) is 20.3. The predicted octanol–water partition coefficient (Wildman–Crippen LogP) is 5.39. The van der Waals surface area contributed by atoms with Crippen LogP contribution in [0.4, 0.5) is 17.1 Å². The zero-order valence-corrected chi connectivity index (χ0v) is 21.2. The minimum absolute atomic E-state index is 0.0784. The Morgan fingerprint density at radius 1 is 1.00 bits per heavy atom. The first-order valence-electron chi connectivity index (χ1n) is 12.2. The number of nitro benzene ring substituents is 1. The van der Waals surface area contributed by atoms with E-state index in [0.717, 1.165) is 5.56 Å². The lowest BCUT2D eigenvalue weighted by Gasteiger charge is -2.37. The molecule has 9 heteroatoms. The number of ketones is 1. The van der Waals surface area contributed by atoms with Crippen molar-refractivity contribution < 1.29 is 24.0 Å². The van der Waals surface area contributed by atoms with Crippen molar-refractivity contribution >= 4 is 28.8 Å². The maximum Gasteiger partial charge on any atom is 0.269 e. The first kappa shape index (κ1) is 25.0. The first-order valence-corrected chi connectivity index (χ1v) is 12.2. The van der Waals surface area contributed by atoms with Gasteiger partial charge in [0.05, 0.1) is 42.5 Å². The van der Waals surface area contributed by atoms with Gasteiger partial charge in [-0.1, -0.05) is 36.4 Å². The number of nitrogens with one attached hydrogen (secondary N) is 1. The van der Waals surface area contributed by atoms with Crippen LogP contribution in [0.15, 0.2) is 78.5 Å². The Morgan fingerprint density at radius 2 is 1.76 bits per heavy atom. The monoisotopic (exact) mass is 513 g/mol. The summed E-state index contributed by atoms with van der Waals surface area (Å²) in [5, 5.41) is 15.0. The van der Waals surface area contributed by atoms with Crippen molar-refractivity contribution in [3.8, 4) is 11.5 Å². The van der Waals surface area contributed by atoms with Gasteiger partial charge in [0, 0.05) is 37.1 Å². The second-order valence-electron chi connectivity index (χ2n) is 9.32. The minimum atomic E-state index is -0.770. The number of carbonyl (C=O) groups excluding carboxylic acids is 2. The van der Waals surface area contributed by atoms with E-state index in [1.807, 2.05) is 48.5 Å². The molecule has 0 radical (unpaired) electrons. The highest BCUT2D eigenvalue weighted by atomic mass is 16.6. The fraction of sp³-hybridized carbons (Fsp3) is 0.241. The summed E-state index contributed by atoms with van der Waals surface area (Å²) >= 11 is 0. The molecule has 5 rings (SSSR count). The van der Waals surface area contributed by atoms with Crippen molar-refractivity contribution in [3.63, 3.8) is 0 Å². The molecule has 0 saturated heterocycles. The van der Waals surface area contributed by atoms with Crippen LogP contribution in [-0.2, 0) is 9.59 Å². The number of anilines is 2. The molecule has 3 aromatic rings. The third-order valence-electron chi connectivity index (χ3n) is 7.12. The molecule has 38 heavy (non-hydrogen) atoms. The van der Waals surface area contributed by atoms with Gasteiger partial charge < -0.3 is 19.7 Å². The molecule has 0 bridgehead atoms. The van der Waals surface area contributed by atoms with Crippen LogP contribution < -0.4 is 19.7 Å². The van der Waals surface area contributed by atoms with Crippen molar-refractivity contribution in [3.05, 3.63) is 99.7 Å². The van der Waals surface area contributed by atoms with E-state index in [1.54, 1.807) is 31.3 Å². The van der Waals surface area contributed by atoms with Gasteiger partial charge in [-0.15, -0.1) is 0 Å². The Kier molecular flexibility index (Phi) is 6.59. The molecule has 3 atom stereocenters. The number of benzene rings is 3. The van der Waals surface area contributed by atoms with Gasteiger partial charge in [-0.05, 0) is 35.4 Å². The molecule has 1 N–H and O–H groups in total. The van der Waals surface area contributed by atoms with E-state index in [9.17, 15) is 19.7 Å². The van der Waals surface area contributed by atoms with Crippen LogP contribution in [0.1, 0.15) is 36.4 Å². The third kappa shape index (κ3) is 4.36. The SMILES string of the molecule is COc1ccc(C2C=C3Nc4ccccc4N(C(C)=O)C(c4cccc([N+](=O)[O-])c4)C3C(=O)C2)cc1OC. The second-order valence-corrected chi connectivity index (χ2v) is 9.32. The van der Waals surface area contributed by atoms with E-state index in [0.29, 0.717) is 34.1 Å². The number of ether oxygens (including phenoxy) is 2. The third-order valence-corrected chi connectivity index (χ3v) is 7.12. The first-order chi connectivity index (χ1) is 18.3. The molecule has 194 valence electrons. The maximum atomic E-state index is 14.0. The molecule has 3 unspecified atom stereocenters. The van der Waals surface area contributed by atoms with E-state index >= 15 is 0 Å². The average Bonchev–Trinajstić information content (AvgIpc) is 3.07. The van der Waals surface area contributed by atoms with E-state index in [4.69, 9.17) is 9.47 Å². The number of para-hydroxylation sites is 2. The number of amides is 1. The van der Waals surface area contributed by atoms with Gasteiger partial charge in [0.2, 0.25) is 5.91 Å². The van der Waals surface area contributed by atoms with Crippen LogP contribution in [-0.4, -0.2) is 30.8 Å². The molecular formula is C29H27N3O6. The summed E-state index contributed by atoms with van der Waals surface area (Å²) < 4.78 is 10.8. The maximum absolute atomic E-state index is 14.0. The van der Waals surface area contributed by atoms with Gasteiger partial charge >= 0.3 is 0 Å². The van der Waals surface area contributed by atoms with Crippen LogP contribution in [0.5, 0.6) is 11.5 Å². The summed E-state index contributed by atoms with van der Waals surface area (Å²) in [5.41, 5.74) is 3.22. The Morgan fingerprint density at radius 3 is 2.47 bits per heavy atom. The quantitative estimate of drug-likeness (QED) is 0.360. The number of fused-ring (bicyclic) bond motifs is 2. The summed E-state index contributed by atoms with van der Waals surface area (Å²) in [4.78, 5) is 39.8. The number of Topliss-reactive ketones (excluding diaryl/α,β-unsaturated/α-hetero) is 1. The standard InChI is InChI=1S/C29H27N3O6/c1-17(33)31-24-10-5-4-9-22(24)30-23-14-20(18-11-12-26(37-2)27(16-18)38-3)15-25(34)28(23)29(31)19-7-6-8-21(13-19)32(35)36/h4-14,16,20,28-30H,15H2,1-3H3. The highest BCUT2D eigenvalue weighted by Gasteiger charge is 2.44. The van der Waals surface area contributed by atoms with Crippen LogP contribution in [0, 0.1) is 16.0 Å². The van der Waals surface area contributed by atoms with Crippen LogP contribution >= 0.6 is 0 Å². The minimum Gasteiger partial charge on any atom is -0.493 e. The van der Waals surface area contributed by atoms with Gasteiger partial charge in [0.15, 0.2) is 11.5 Å². The number of non-ortho nitro benzene ring substituents is 1. The number of allylic oxidation sites excluding steroid dienone is 1. The molecule has 1 amide bonds. The summed E-state index contributed by atoms with van der Waals surface area (Å²) in [7, 11) is 3.13. The van der Waals surface area contributed by atoms with Crippen molar-refractivity contribution in [1.29, 1.82) is 0 Å². The predicted molar refractivity (Wildman–Crippen MR) is 143 cm³/mol. The second kappa shape index (κ2) is 10.0. The van der Waals surface area contributed by atoms with Gasteiger partial charge in [-0.3, -0.25) is 19.7 Å². The summed E-state index contributed by atoms with van der Waals surface area (Å²) in [5.74, 6) is -0.188. The van der Waals surface area contributed by atoms with Crippen LogP contribution in [0.2, 0.25) is 0 Å². The Labute approximate surface area is 219 Å². The fourth-order valence-electron chi connectivity index (χ4n) is 5.43. The lowest BCUT2D eigenvalue weighted by molar-refractivity contribution is -0.384. The van der Waals surface area contributed by atoms with E-state index in [2.05, 4.69) is 5.32 Å². The highest BCUT2D eigenvalue weighted by molar-refractivity contribution is 6.00. The number of rotatable bonds is 5. The zero-order chi connectivity index (χ0) is 27.0. The summed E-state index contributed by atoms with van der Waals surface area (Å²) in [6.07, 6.45) is 2.21. The molecular weight excluding hydrogens is 486 g/mol. The molecule has 0 aromatic heterocycles. The molecule has 2 aliphatic rings. The number of hydrogen-bond acceptors (Lipinski definition) is 7. The lowest BCUT2D eigenvalue weighted by Crippen LogP contribution is -2.41. The number of hydrogen-bond donors (Lipinski definition) is 1. The largest absolute Gasteiger partial charge is 0.493 e. The number of nitro groups is 1. The Balaban J connectivity index is 1.69. The van der Waals surface area contributed by atoms with Crippen molar-refractivity contribution in [2.45, 2.75) is 25.3 Å². The lowest BCUT2D eigenvalue weighted by atomic mass is 9.76. The van der Waals surface area contributed by atoms with Crippen LogP contribution in [0.3, 0.4) is 0 Å². The van der Waals surface area contributed by atoms with Crippen molar-refractivity contribution in [1.82, 2.24) is 0 Å². The van der Waals surface area contributed by atoms with Gasteiger partial charge in [-0.2, -0.15) is 0 Å². The molecule has 9 nitrogen and oxygen atoms in total. The van der Waals surface area contributed by atoms with Gasteiger partial charge in [0.1, 0.15) is 5.78 Å². The topological polar surface area (TPSA) is 111 Å². The average molecular weight is 514 g/mol. The van der Waals surface area contributed by atoms with Crippen molar-refractivity contribution in [2.24, 2.45) is 5.92 Å².